The lowest BCUT2D eigenvalue weighted by Gasteiger charge is -2.09. The van der Waals surface area contributed by atoms with E-state index in [1.54, 1.807) is 21.1 Å². The molecule has 0 aliphatic heterocycles. The molecule has 0 heterocycles. The van der Waals surface area contributed by atoms with Gasteiger partial charge < -0.3 is 19.0 Å². The lowest BCUT2D eigenvalue weighted by atomic mass is 10.0. The molecule has 0 aliphatic carbocycles. The average molecular weight is 343 g/mol. The normalized spacial score (nSPS) is 9.88. The van der Waals surface area contributed by atoms with E-state index in [0.717, 1.165) is 22.6 Å². The molecule has 0 radical (unpaired) electrons. The Hall–Kier alpha value is -3.02. The summed E-state index contributed by atoms with van der Waals surface area (Å²) in [6.07, 6.45) is 0. The molecule has 132 valence electrons. The molecular weight excluding hydrogens is 322 g/mol. The molecule has 6 heteroatoms. The second kappa shape index (κ2) is 9.32. The van der Waals surface area contributed by atoms with Gasteiger partial charge in [0.05, 0.1) is 20.8 Å². The number of ether oxygens (including phenoxy) is 3. The lowest BCUT2D eigenvalue weighted by molar-refractivity contribution is -0.148. The number of methoxy groups -OCH3 is 2. The minimum absolute atomic E-state index is 0.246. The van der Waals surface area contributed by atoms with Crippen LogP contribution < -0.4 is 9.47 Å². The summed E-state index contributed by atoms with van der Waals surface area (Å²) in [5.74, 6) is 1.02. The number of carbonyl (C=O) groups is 1. The maximum absolute atomic E-state index is 11.4. The average Bonchev–Trinajstić information content (AvgIpc) is 2.66. The van der Waals surface area contributed by atoms with Gasteiger partial charge in [0, 0.05) is 11.1 Å². The summed E-state index contributed by atoms with van der Waals surface area (Å²) < 4.78 is 15.2. The van der Waals surface area contributed by atoms with Gasteiger partial charge in [-0.15, -0.1) is 0 Å². The largest absolute Gasteiger partial charge is 0.497 e. The van der Waals surface area contributed by atoms with E-state index in [0.29, 0.717) is 12.3 Å². The first-order valence-corrected chi connectivity index (χ1v) is 7.82. The summed E-state index contributed by atoms with van der Waals surface area (Å²) >= 11 is 0. The number of oxime groups is 1. The summed E-state index contributed by atoms with van der Waals surface area (Å²) in [5.41, 5.74) is 2.25. The molecule has 6 nitrogen and oxygen atoms in total. The van der Waals surface area contributed by atoms with Crippen LogP contribution in [0.5, 0.6) is 11.5 Å². The van der Waals surface area contributed by atoms with Gasteiger partial charge in [-0.05, 0) is 55.5 Å². The second-order valence-corrected chi connectivity index (χ2v) is 4.98. The number of hydrogen-bond acceptors (Lipinski definition) is 6. The van der Waals surface area contributed by atoms with E-state index in [-0.39, 0.29) is 6.61 Å². The summed E-state index contributed by atoms with van der Waals surface area (Å²) in [7, 11) is 3.21. The highest BCUT2D eigenvalue weighted by molar-refractivity contribution is 6.12. The molecular formula is C19H21NO5. The molecule has 0 bridgehead atoms. The van der Waals surface area contributed by atoms with Gasteiger partial charge in [-0.2, -0.15) is 0 Å². The minimum atomic E-state index is -0.463. The van der Waals surface area contributed by atoms with Crippen molar-refractivity contribution in [2.24, 2.45) is 5.16 Å². The van der Waals surface area contributed by atoms with Crippen LogP contribution in [-0.4, -0.2) is 39.1 Å². The number of benzene rings is 2. The van der Waals surface area contributed by atoms with Crippen molar-refractivity contribution < 1.29 is 23.8 Å². The first-order chi connectivity index (χ1) is 12.2. The topological polar surface area (TPSA) is 66.4 Å². The molecule has 2 rings (SSSR count). The van der Waals surface area contributed by atoms with Crippen LogP contribution in [0.1, 0.15) is 18.1 Å². The quantitative estimate of drug-likeness (QED) is 0.419. The fourth-order valence-corrected chi connectivity index (χ4v) is 2.12. The number of nitrogens with zero attached hydrogens (tertiary/aromatic N) is 1. The smallest absolute Gasteiger partial charge is 0.347 e. The molecule has 0 aliphatic rings. The fourth-order valence-electron chi connectivity index (χ4n) is 2.12. The Balaban J connectivity index is 2.27. The summed E-state index contributed by atoms with van der Waals surface area (Å²) in [4.78, 5) is 16.6. The Morgan fingerprint density at radius 1 is 0.880 bits per heavy atom. The van der Waals surface area contributed by atoms with Gasteiger partial charge in [-0.3, -0.25) is 0 Å². The van der Waals surface area contributed by atoms with Crippen LogP contribution in [0, 0.1) is 0 Å². The zero-order valence-electron chi connectivity index (χ0n) is 14.5. The lowest BCUT2D eigenvalue weighted by Crippen LogP contribution is -2.12. The van der Waals surface area contributed by atoms with Crippen LogP contribution >= 0.6 is 0 Å². The third-order valence-corrected chi connectivity index (χ3v) is 3.37. The number of esters is 1. The highest BCUT2D eigenvalue weighted by Gasteiger charge is 2.10. The molecule has 0 aromatic heterocycles. The Morgan fingerprint density at radius 2 is 1.36 bits per heavy atom. The van der Waals surface area contributed by atoms with Crippen molar-refractivity contribution in [3.63, 3.8) is 0 Å². The predicted molar refractivity (Wildman–Crippen MR) is 94.2 cm³/mol. The van der Waals surface area contributed by atoms with Crippen molar-refractivity contribution >= 4 is 11.7 Å². The van der Waals surface area contributed by atoms with Gasteiger partial charge in [0.1, 0.15) is 17.2 Å². The standard InChI is InChI=1S/C19H21NO5/c1-4-24-18(21)13-25-20-19(14-5-9-16(22-2)10-6-14)15-7-11-17(23-3)12-8-15/h5-12H,4,13H2,1-3H3. The van der Waals surface area contributed by atoms with Gasteiger partial charge in [-0.25, -0.2) is 4.79 Å². The Kier molecular flexibility index (Phi) is 6.83. The van der Waals surface area contributed by atoms with Gasteiger partial charge >= 0.3 is 5.97 Å². The van der Waals surface area contributed by atoms with E-state index < -0.39 is 5.97 Å². The van der Waals surface area contributed by atoms with Crippen LogP contribution in [0.4, 0.5) is 0 Å². The van der Waals surface area contributed by atoms with E-state index in [1.807, 2.05) is 48.5 Å². The van der Waals surface area contributed by atoms with Gasteiger partial charge in [0.15, 0.2) is 0 Å². The van der Waals surface area contributed by atoms with Gasteiger partial charge in [0.25, 0.3) is 0 Å². The third-order valence-electron chi connectivity index (χ3n) is 3.37. The van der Waals surface area contributed by atoms with Crippen LogP contribution in [0.2, 0.25) is 0 Å². The van der Waals surface area contributed by atoms with Gasteiger partial charge in [0.2, 0.25) is 6.61 Å². The molecule has 0 saturated carbocycles. The fraction of sp³-hybridized carbons (Fsp3) is 0.263. The van der Waals surface area contributed by atoms with Gasteiger partial charge in [-0.1, -0.05) is 5.16 Å². The molecule has 0 spiro atoms. The van der Waals surface area contributed by atoms with Crippen LogP contribution in [0.15, 0.2) is 53.7 Å². The molecule has 0 amide bonds. The number of rotatable bonds is 8. The molecule has 25 heavy (non-hydrogen) atoms. The Morgan fingerprint density at radius 3 is 1.76 bits per heavy atom. The van der Waals surface area contributed by atoms with Crippen molar-refractivity contribution in [2.75, 3.05) is 27.4 Å². The van der Waals surface area contributed by atoms with Crippen molar-refractivity contribution in [3.8, 4) is 11.5 Å². The number of carbonyl (C=O) groups excluding carboxylic acids is 1. The van der Waals surface area contributed by atoms with Crippen LogP contribution in [-0.2, 0) is 14.4 Å². The minimum Gasteiger partial charge on any atom is -0.497 e. The second-order valence-electron chi connectivity index (χ2n) is 4.98. The molecule has 2 aromatic carbocycles. The van der Waals surface area contributed by atoms with Crippen molar-refractivity contribution in [2.45, 2.75) is 6.92 Å². The van der Waals surface area contributed by atoms with E-state index in [9.17, 15) is 4.79 Å². The molecule has 0 unspecified atom stereocenters. The summed E-state index contributed by atoms with van der Waals surface area (Å²) in [6, 6.07) is 14.8. The van der Waals surface area contributed by atoms with E-state index in [2.05, 4.69) is 5.16 Å². The molecule has 2 aromatic rings. The summed E-state index contributed by atoms with van der Waals surface area (Å²) in [5, 5.41) is 4.13. The first kappa shape index (κ1) is 18.3. The van der Waals surface area contributed by atoms with Crippen molar-refractivity contribution in [3.05, 3.63) is 59.7 Å². The van der Waals surface area contributed by atoms with Crippen molar-refractivity contribution in [1.82, 2.24) is 0 Å². The summed E-state index contributed by atoms with van der Waals surface area (Å²) in [6.45, 7) is 1.79. The third kappa shape index (κ3) is 5.24. The predicted octanol–water partition coefficient (Wildman–Crippen LogP) is 3.04. The monoisotopic (exact) mass is 343 g/mol. The maximum atomic E-state index is 11.4. The van der Waals surface area contributed by atoms with Crippen LogP contribution in [0.3, 0.4) is 0 Å². The molecule has 0 atom stereocenters. The zero-order chi connectivity index (χ0) is 18.1. The van der Waals surface area contributed by atoms with Crippen molar-refractivity contribution in [1.29, 1.82) is 0 Å². The Labute approximate surface area is 147 Å². The molecule has 0 saturated heterocycles. The SMILES string of the molecule is CCOC(=O)CON=C(c1ccc(OC)cc1)c1ccc(OC)cc1. The zero-order valence-corrected chi connectivity index (χ0v) is 14.5. The molecule has 0 N–H and O–H groups in total. The number of hydrogen-bond donors (Lipinski definition) is 0. The first-order valence-electron chi connectivity index (χ1n) is 7.82. The van der Waals surface area contributed by atoms with E-state index in [4.69, 9.17) is 19.0 Å². The highest BCUT2D eigenvalue weighted by atomic mass is 16.7. The van der Waals surface area contributed by atoms with E-state index >= 15 is 0 Å². The maximum Gasteiger partial charge on any atom is 0.347 e. The van der Waals surface area contributed by atoms with E-state index in [1.165, 1.54) is 0 Å². The molecule has 0 fully saturated rings. The Bertz CT molecular complexity index is 658. The van der Waals surface area contributed by atoms with Crippen LogP contribution in [0.25, 0.3) is 0 Å². The highest BCUT2D eigenvalue weighted by Crippen LogP contribution is 2.18.